The highest BCUT2D eigenvalue weighted by atomic mass is 79.9. The number of amides is 1. The van der Waals surface area contributed by atoms with Gasteiger partial charge in [0.05, 0.1) is 16.8 Å². The first-order valence-electron chi connectivity index (χ1n) is 9.65. The van der Waals surface area contributed by atoms with Crippen molar-refractivity contribution in [2.45, 2.75) is 18.2 Å². The molecule has 8 heteroatoms. The Balaban J connectivity index is 1.86. The molecule has 0 fully saturated rings. The second-order valence-electron chi connectivity index (χ2n) is 6.65. The van der Waals surface area contributed by atoms with Crippen LogP contribution in [0.5, 0.6) is 0 Å². The standard InChI is InChI=1S/C23H22BrN3O3S/c1-2-19-8-6-7-11-22(19)27(31(29,30)21-9-4-3-5-10-21)17-23(28)26-25-16-18-12-14-20(24)15-13-18/h3-16H,2,17H2,1H3,(H,26,28)/b25-16-. The monoisotopic (exact) mass is 499 g/mol. The molecule has 0 radical (unpaired) electrons. The molecule has 3 aromatic carbocycles. The van der Waals surface area contributed by atoms with Crippen LogP contribution in [0.1, 0.15) is 18.1 Å². The Bertz CT molecular complexity index is 1160. The van der Waals surface area contributed by atoms with Gasteiger partial charge in [-0.3, -0.25) is 9.10 Å². The molecular weight excluding hydrogens is 478 g/mol. The van der Waals surface area contributed by atoms with Gasteiger partial charge < -0.3 is 0 Å². The number of carbonyl (C=O) groups is 1. The van der Waals surface area contributed by atoms with Crippen LogP contribution in [0, 0.1) is 0 Å². The number of sulfonamides is 1. The number of nitrogens with zero attached hydrogens (tertiary/aromatic N) is 2. The fourth-order valence-electron chi connectivity index (χ4n) is 2.97. The van der Waals surface area contributed by atoms with Crippen LogP contribution in [-0.2, 0) is 21.2 Å². The zero-order valence-corrected chi connectivity index (χ0v) is 19.3. The number of nitrogens with one attached hydrogen (secondary N) is 1. The smallest absolute Gasteiger partial charge is 0.264 e. The first-order chi connectivity index (χ1) is 14.9. The molecule has 31 heavy (non-hydrogen) atoms. The lowest BCUT2D eigenvalue weighted by atomic mass is 10.1. The Morgan fingerprint density at radius 2 is 1.65 bits per heavy atom. The molecule has 0 atom stereocenters. The van der Waals surface area contributed by atoms with E-state index in [0.717, 1.165) is 19.9 Å². The first-order valence-corrected chi connectivity index (χ1v) is 11.9. The van der Waals surface area contributed by atoms with Crippen molar-refractivity contribution >= 4 is 43.8 Å². The van der Waals surface area contributed by atoms with Gasteiger partial charge in [-0.2, -0.15) is 5.10 Å². The summed E-state index contributed by atoms with van der Waals surface area (Å²) in [5, 5.41) is 3.95. The Morgan fingerprint density at radius 3 is 2.32 bits per heavy atom. The van der Waals surface area contributed by atoms with E-state index in [2.05, 4.69) is 26.5 Å². The molecule has 0 unspecified atom stereocenters. The summed E-state index contributed by atoms with van der Waals surface area (Å²) in [6, 6.07) is 22.6. The van der Waals surface area contributed by atoms with E-state index >= 15 is 0 Å². The fourth-order valence-corrected chi connectivity index (χ4v) is 4.71. The number of halogens is 1. The van der Waals surface area contributed by atoms with Crippen LogP contribution >= 0.6 is 15.9 Å². The van der Waals surface area contributed by atoms with Crippen molar-refractivity contribution in [1.82, 2.24) is 5.43 Å². The van der Waals surface area contributed by atoms with Crippen LogP contribution in [0.15, 0.2) is 93.3 Å². The molecule has 1 amide bonds. The Kier molecular flexibility index (Phi) is 7.59. The van der Waals surface area contributed by atoms with Crippen LogP contribution < -0.4 is 9.73 Å². The molecule has 1 N–H and O–H groups in total. The van der Waals surface area contributed by atoms with Gasteiger partial charge in [0.15, 0.2) is 0 Å². The van der Waals surface area contributed by atoms with E-state index < -0.39 is 22.5 Å². The third-order valence-electron chi connectivity index (χ3n) is 4.53. The topological polar surface area (TPSA) is 78.8 Å². The summed E-state index contributed by atoms with van der Waals surface area (Å²) >= 11 is 3.36. The molecule has 0 bridgehead atoms. The van der Waals surface area contributed by atoms with Gasteiger partial charge >= 0.3 is 0 Å². The summed E-state index contributed by atoms with van der Waals surface area (Å²) in [5.41, 5.74) is 4.52. The third-order valence-corrected chi connectivity index (χ3v) is 6.84. The fraction of sp³-hybridized carbons (Fsp3) is 0.130. The zero-order valence-electron chi connectivity index (χ0n) is 16.9. The zero-order chi connectivity index (χ0) is 22.3. The van der Waals surface area contributed by atoms with Gasteiger partial charge in [0.25, 0.3) is 15.9 Å². The minimum absolute atomic E-state index is 0.118. The molecule has 3 aromatic rings. The number of carbonyl (C=O) groups excluding carboxylic acids is 1. The molecule has 0 spiro atoms. The lowest BCUT2D eigenvalue weighted by molar-refractivity contribution is -0.119. The van der Waals surface area contributed by atoms with Crippen molar-refractivity contribution in [1.29, 1.82) is 0 Å². The maximum Gasteiger partial charge on any atom is 0.264 e. The van der Waals surface area contributed by atoms with Crippen LogP contribution in [0.4, 0.5) is 5.69 Å². The number of hydrogen-bond donors (Lipinski definition) is 1. The summed E-state index contributed by atoms with van der Waals surface area (Å²) in [4.78, 5) is 12.7. The van der Waals surface area contributed by atoms with Crippen molar-refractivity contribution in [2.24, 2.45) is 5.10 Å². The average molecular weight is 500 g/mol. The molecule has 0 saturated carbocycles. The van der Waals surface area contributed by atoms with Crippen molar-refractivity contribution in [3.8, 4) is 0 Å². The molecule has 0 aliphatic carbocycles. The highest BCUT2D eigenvalue weighted by Crippen LogP contribution is 2.27. The van der Waals surface area contributed by atoms with Gasteiger partial charge in [-0.15, -0.1) is 0 Å². The average Bonchev–Trinajstić information content (AvgIpc) is 2.79. The van der Waals surface area contributed by atoms with E-state index in [4.69, 9.17) is 0 Å². The van der Waals surface area contributed by atoms with Gasteiger partial charge in [0.1, 0.15) is 6.54 Å². The van der Waals surface area contributed by atoms with Crippen LogP contribution in [0.2, 0.25) is 0 Å². The highest BCUT2D eigenvalue weighted by molar-refractivity contribution is 9.10. The largest absolute Gasteiger partial charge is 0.271 e. The summed E-state index contributed by atoms with van der Waals surface area (Å²) in [7, 11) is -3.95. The van der Waals surface area contributed by atoms with Crippen LogP contribution in [0.3, 0.4) is 0 Å². The maximum absolute atomic E-state index is 13.4. The van der Waals surface area contributed by atoms with Gasteiger partial charge in [0.2, 0.25) is 0 Å². The second kappa shape index (κ2) is 10.4. The molecule has 3 rings (SSSR count). The minimum Gasteiger partial charge on any atom is -0.271 e. The number of benzene rings is 3. The Labute approximate surface area is 190 Å². The molecular formula is C23H22BrN3O3S. The van der Waals surface area contributed by atoms with Gasteiger partial charge in [-0.25, -0.2) is 13.8 Å². The number of rotatable bonds is 8. The summed E-state index contributed by atoms with van der Waals surface area (Å²) in [6.07, 6.45) is 2.13. The van der Waals surface area contributed by atoms with Crippen molar-refractivity contribution < 1.29 is 13.2 Å². The second-order valence-corrected chi connectivity index (χ2v) is 9.43. The predicted octanol–water partition coefficient (Wildman–Crippen LogP) is 4.36. The number of para-hydroxylation sites is 1. The number of hydrogen-bond acceptors (Lipinski definition) is 4. The number of anilines is 1. The normalized spacial score (nSPS) is 11.4. The Morgan fingerprint density at radius 1 is 1.00 bits per heavy atom. The van der Waals surface area contributed by atoms with Gasteiger partial charge in [-0.1, -0.05) is 71.4 Å². The van der Waals surface area contributed by atoms with Crippen molar-refractivity contribution in [3.63, 3.8) is 0 Å². The SMILES string of the molecule is CCc1ccccc1N(CC(=O)N/N=C\c1ccc(Br)cc1)S(=O)(=O)c1ccccc1. The quantitative estimate of drug-likeness (QED) is 0.369. The lowest BCUT2D eigenvalue weighted by Crippen LogP contribution is -2.40. The summed E-state index contributed by atoms with van der Waals surface area (Å²) < 4.78 is 28.8. The summed E-state index contributed by atoms with van der Waals surface area (Å²) in [6.45, 7) is 1.54. The van der Waals surface area contributed by atoms with E-state index in [-0.39, 0.29) is 4.90 Å². The predicted molar refractivity (Wildman–Crippen MR) is 127 cm³/mol. The molecule has 0 aromatic heterocycles. The van der Waals surface area contributed by atoms with Crippen molar-refractivity contribution in [3.05, 3.63) is 94.5 Å². The maximum atomic E-state index is 13.4. The minimum atomic E-state index is -3.95. The molecule has 0 aliphatic rings. The van der Waals surface area contributed by atoms with Crippen LogP contribution in [0.25, 0.3) is 0 Å². The van der Waals surface area contributed by atoms with Gasteiger partial charge in [-0.05, 0) is 47.9 Å². The van der Waals surface area contributed by atoms with Crippen LogP contribution in [-0.4, -0.2) is 27.1 Å². The van der Waals surface area contributed by atoms with Crippen molar-refractivity contribution in [2.75, 3.05) is 10.8 Å². The van der Waals surface area contributed by atoms with E-state index in [0.29, 0.717) is 12.1 Å². The van der Waals surface area contributed by atoms with E-state index in [9.17, 15) is 13.2 Å². The number of hydrazone groups is 1. The van der Waals surface area contributed by atoms with E-state index in [1.54, 1.807) is 30.3 Å². The highest BCUT2D eigenvalue weighted by Gasteiger charge is 2.28. The lowest BCUT2D eigenvalue weighted by Gasteiger charge is -2.25. The summed E-state index contributed by atoms with van der Waals surface area (Å²) in [5.74, 6) is -0.543. The van der Waals surface area contributed by atoms with Gasteiger partial charge in [0, 0.05) is 4.47 Å². The molecule has 0 heterocycles. The molecule has 0 saturated heterocycles. The third kappa shape index (κ3) is 5.80. The first kappa shape index (κ1) is 22.7. The molecule has 0 aliphatic heterocycles. The van der Waals surface area contributed by atoms with E-state index in [1.165, 1.54) is 18.3 Å². The number of aryl methyl sites for hydroxylation is 1. The van der Waals surface area contributed by atoms with E-state index in [1.807, 2.05) is 43.3 Å². The molecule has 6 nitrogen and oxygen atoms in total. The molecule has 160 valence electrons. The Hall–Kier alpha value is -2.97.